The van der Waals surface area contributed by atoms with E-state index in [1.54, 1.807) is 0 Å². The summed E-state index contributed by atoms with van der Waals surface area (Å²) in [6, 6.07) is 0. The molecule has 0 bridgehead atoms. The maximum atomic E-state index is 3.71. The van der Waals surface area contributed by atoms with Crippen LogP contribution in [0.2, 0.25) is 0 Å². The average molecular weight is 164 g/mol. The number of allylic oxidation sites excluding steroid dienone is 4. The Balaban J connectivity index is 3.44. The van der Waals surface area contributed by atoms with Crippen molar-refractivity contribution in [1.29, 1.82) is 0 Å². The van der Waals surface area contributed by atoms with Crippen LogP contribution in [0.4, 0.5) is 0 Å². The van der Waals surface area contributed by atoms with Gasteiger partial charge in [-0.3, -0.25) is 0 Å². The van der Waals surface area contributed by atoms with Crippen molar-refractivity contribution in [2.24, 2.45) is 0 Å². The molecule has 0 heterocycles. The SMILES string of the molecule is C=CC(C=C)=CCCCCCC. The maximum Gasteiger partial charge on any atom is -0.0308 e. The highest BCUT2D eigenvalue weighted by Gasteiger charge is 1.86. The fraction of sp³-hybridized carbons (Fsp3) is 0.500. The van der Waals surface area contributed by atoms with Crippen LogP contribution in [0.5, 0.6) is 0 Å². The van der Waals surface area contributed by atoms with Gasteiger partial charge in [-0.15, -0.1) is 0 Å². The van der Waals surface area contributed by atoms with Crippen molar-refractivity contribution in [2.75, 3.05) is 0 Å². The summed E-state index contributed by atoms with van der Waals surface area (Å²) in [7, 11) is 0. The lowest BCUT2D eigenvalue weighted by atomic mass is 10.1. The summed E-state index contributed by atoms with van der Waals surface area (Å²) in [6.07, 6.45) is 12.4. The van der Waals surface area contributed by atoms with Crippen LogP contribution in [0.3, 0.4) is 0 Å². The third-order valence-corrected chi connectivity index (χ3v) is 1.91. The lowest BCUT2D eigenvalue weighted by Crippen LogP contribution is -1.75. The minimum atomic E-state index is 1.16. The Morgan fingerprint density at radius 1 is 1.08 bits per heavy atom. The largest absolute Gasteiger partial charge is 0.0985 e. The van der Waals surface area contributed by atoms with Gasteiger partial charge in [-0.1, -0.05) is 57.6 Å². The van der Waals surface area contributed by atoms with E-state index in [0.29, 0.717) is 0 Å². The van der Waals surface area contributed by atoms with Crippen molar-refractivity contribution in [3.63, 3.8) is 0 Å². The molecule has 0 aliphatic rings. The van der Waals surface area contributed by atoms with Gasteiger partial charge >= 0.3 is 0 Å². The molecule has 0 fully saturated rings. The molecule has 0 spiro atoms. The molecule has 0 unspecified atom stereocenters. The van der Waals surface area contributed by atoms with E-state index in [2.05, 4.69) is 26.2 Å². The van der Waals surface area contributed by atoms with Gasteiger partial charge in [0.2, 0.25) is 0 Å². The molecule has 0 nitrogen and oxygen atoms in total. The Labute approximate surface area is 76.7 Å². The summed E-state index contributed by atoms with van der Waals surface area (Å²) in [5.41, 5.74) is 1.16. The Bertz CT molecular complexity index is 141. The topological polar surface area (TPSA) is 0 Å². The predicted molar refractivity (Wildman–Crippen MR) is 57.2 cm³/mol. The third-order valence-electron chi connectivity index (χ3n) is 1.91. The van der Waals surface area contributed by atoms with Crippen LogP contribution in [0, 0.1) is 0 Å². The minimum absolute atomic E-state index is 1.16. The van der Waals surface area contributed by atoms with Crippen LogP contribution in [-0.4, -0.2) is 0 Å². The fourth-order valence-electron chi connectivity index (χ4n) is 1.09. The molecule has 0 aromatic rings. The van der Waals surface area contributed by atoms with E-state index in [0.717, 1.165) is 12.0 Å². The van der Waals surface area contributed by atoms with E-state index in [1.165, 1.54) is 25.7 Å². The van der Waals surface area contributed by atoms with Gasteiger partial charge in [0.25, 0.3) is 0 Å². The van der Waals surface area contributed by atoms with E-state index in [1.807, 2.05) is 12.2 Å². The zero-order valence-electron chi connectivity index (χ0n) is 8.18. The zero-order chi connectivity index (χ0) is 9.23. The molecule has 0 aliphatic heterocycles. The molecule has 0 amide bonds. The Hall–Kier alpha value is -0.780. The van der Waals surface area contributed by atoms with Crippen molar-refractivity contribution in [3.05, 3.63) is 37.0 Å². The van der Waals surface area contributed by atoms with Crippen LogP contribution in [0.15, 0.2) is 37.0 Å². The lowest BCUT2D eigenvalue weighted by Gasteiger charge is -1.95. The minimum Gasteiger partial charge on any atom is -0.0985 e. The van der Waals surface area contributed by atoms with Crippen molar-refractivity contribution in [2.45, 2.75) is 39.0 Å². The van der Waals surface area contributed by atoms with E-state index in [4.69, 9.17) is 0 Å². The Morgan fingerprint density at radius 3 is 2.25 bits per heavy atom. The number of hydrogen-bond donors (Lipinski definition) is 0. The van der Waals surface area contributed by atoms with E-state index in [9.17, 15) is 0 Å². The molecular formula is C12H20. The molecule has 0 rings (SSSR count). The first-order valence-electron chi connectivity index (χ1n) is 4.80. The van der Waals surface area contributed by atoms with Crippen LogP contribution in [0.25, 0.3) is 0 Å². The highest BCUT2D eigenvalue weighted by molar-refractivity contribution is 5.26. The smallest absolute Gasteiger partial charge is 0.0308 e. The van der Waals surface area contributed by atoms with Gasteiger partial charge in [0.1, 0.15) is 0 Å². The van der Waals surface area contributed by atoms with Gasteiger partial charge in [0, 0.05) is 0 Å². The summed E-state index contributed by atoms with van der Waals surface area (Å²) in [5.74, 6) is 0. The molecule has 0 heteroatoms. The molecule has 0 atom stereocenters. The van der Waals surface area contributed by atoms with E-state index < -0.39 is 0 Å². The summed E-state index contributed by atoms with van der Waals surface area (Å²) in [4.78, 5) is 0. The molecule has 0 aliphatic carbocycles. The van der Waals surface area contributed by atoms with Crippen LogP contribution >= 0.6 is 0 Å². The average Bonchev–Trinajstić information content (AvgIpc) is 2.11. The van der Waals surface area contributed by atoms with Gasteiger partial charge in [-0.05, 0) is 18.4 Å². The van der Waals surface area contributed by atoms with Crippen molar-refractivity contribution in [3.8, 4) is 0 Å². The lowest BCUT2D eigenvalue weighted by molar-refractivity contribution is 0.674. The van der Waals surface area contributed by atoms with Crippen LogP contribution < -0.4 is 0 Å². The second-order valence-electron chi connectivity index (χ2n) is 2.96. The highest BCUT2D eigenvalue weighted by Crippen LogP contribution is 2.06. The Morgan fingerprint density at radius 2 is 1.75 bits per heavy atom. The normalized spacial score (nSPS) is 9.08. The summed E-state index contributed by atoms with van der Waals surface area (Å²) >= 11 is 0. The van der Waals surface area contributed by atoms with Crippen molar-refractivity contribution in [1.82, 2.24) is 0 Å². The first-order chi connectivity index (χ1) is 5.85. The molecule has 0 aromatic heterocycles. The summed E-state index contributed by atoms with van der Waals surface area (Å²) in [5, 5.41) is 0. The number of unbranched alkanes of at least 4 members (excludes halogenated alkanes) is 4. The molecule has 0 saturated heterocycles. The van der Waals surface area contributed by atoms with E-state index in [-0.39, 0.29) is 0 Å². The van der Waals surface area contributed by atoms with Gasteiger partial charge in [0.05, 0.1) is 0 Å². The zero-order valence-corrected chi connectivity index (χ0v) is 8.18. The van der Waals surface area contributed by atoms with E-state index >= 15 is 0 Å². The second kappa shape index (κ2) is 8.32. The molecule has 0 aromatic carbocycles. The quantitative estimate of drug-likeness (QED) is 0.389. The second-order valence-corrected chi connectivity index (χ2v) is 2.96. The molecule has 0 N–H and O–H groups in total. The molecule has 0 saturated carbocycles. The first kappa shape index (κ1) is 11.2. The van der Waals surface area contributed by atoms with Crippen LogP contribution in [-0.2, 0) is 0 Å². The number of rotatable bonds is 7. The van der Waals surface area contributed by atoms with Gasteiger partial charge in [0.15, 0.2) is 0 Å². The molecule has 68 valence electrons. The third kappa shape index (κ3) is 5.96. The van der Waals surface area contributed by atoms with Gasteiger partial charge in [-0.25, -0.2) is 0 Å². The highest BCUT2D eigenvalue weighted by atomic mass is 13.9. The Kier molecular flexibility index (Phi) is 7.78. The van der Waals surface area contributed by atoms with Crippen molar-refractivity contribution < 1.29 is 0 Å². The molecular weight excluding hydrogens is 144 g/mol. The van der Waals surface area contributed by atoms with Gasteiger partial charge < -0.3 is 0 Å². The molecule has 0 radical (unpaired) electrons. The van der Waals surface area contributed by atoms with Crippen LogP contribution in [0.1, 0.15) is 39.0 Å². The maximum absolute atomic E-state index is 3.71. The summed E-state index contributed by atoms with van der Waals surface area (Å²) in [6.45, 7) is 9.65. The monoisotopic (exact) mass is 164 g/mol. The summed E-state index contributed by atoms with van der Waals surface area (Å²) < 4.78 is 0. The molecule has 12 heavy (non-hydrogen) atoms. The predicted octanol–water partition coefficient (Wildman–Crippen LogP) is 4.26. The first-order valence-corrected chi connectivity index (χ1v) is 4.80. The van der Waals surface area contributed by atoms with Gasteiger partial charge in [-0.2, -0.15) is 0 Å². The fourth-order valence-corrected chi connectivity index (χ4v) is 1.09. The van der Waals surface area contributed by atoms with Crippen molar-refractivity contribution >= 4 is 0 Å². The standard InChI is InChI=1S/C12H20/c1-4-7-8-9-10-11-12(5-2)6-3/h5-6,11H,2-4,7-10H2,1H3. The number of hydrogen-bond acceptors (Lipinski definition) is 0.